The molecule has 1 aliphatic heterocycles. The standard InChI is InChI=1S/C24H27N3O3/c1-3-17-10-16-9-15(5-4-6-24(14-25)7-8-24)22(30-2)11-18(16)20-12-21(28)19(23(26)29)13-27(17)20/h9,11-13,17H,3-8,10H2,1-2H3,(H2,26,29). The summed E-state index contributed by atoms with van der Waals surface area (Å²) in [5.41, 5.74) is 9.06. The van der Waals surface area contributed by atoms with Crippen LogP contribution in [0.3, 0.4) is 0 Å². The Bertz CT molecular complexity index is 1110. The van der Waals surface area contributed by atoms with Crippen molar-refractivity contribution in [1.29, 1.82) is 5.26 Å². The Hall–Kier alpha value is -3.07. The number of hydrogen-bond acceptors (Lipinski definition) is 4. The lowest BCUT2D eigenvalue weighted by atomic mass is 9.88. The van der Waals surface area contributed by atoms with Crippen molar-refractivity contribution in [3.05, 3.63) is 51.3 Å². The van der Waals surface area contributed by atoms with Crippen LogP contribution in [0.1, 0.15) is 66.6 Å². The van der Waals surface area contributed by atoms with Crippen molar-refractivity contribution in [2.45, 2.75) is 57.9 Å². The number of carbonyl (C=O) groups excluding carboxylic acids is 1. The number of amides is 1. The molecule has 2 aliphatic rings. The molecule has 6 heteroatoms. The van der Waals surface area contributed by atoms with Crippen molar-refractivity contribution < 1.29 is 9.53 Å². The molecule has 2 heterocycles. The summed E-state index contributed by atoms with van der Waals surface area (Å²) in [6, 6.07) is 8.33. The van der Waals surface area contributed by atoms with E-state index < -0.39 is 5.91 Å². The SMILES string of the molecule is CCC1Cc2cc(CCCC3(C#N)CC3)c(OC)cc2-c2cc(=O)c(C(N)=O)cn21. The minimum atomic E-state index is -0.699. The second-order valence-corrected chi connectivity index (χ2v) is 8.54. The maximum Gasteiger partial charge on any atom is 0.254 e. The van der Waals surface area contributed by atoms with Crippen molar-refractivity contribution in [2.75, 3.05) is 7.11 Å². The first-order valence-corrected chi connectivity index (χ1v) is 10.6. The van der Waals surface area contributed by atoms with E-state index in [2.05, 4.69) is 19.1 Å². The average Bonchev–Trinajstić information content (AvgIpc) is 3.52. The Morgan fingerprint density at radius 3 is 2.73 bits per heavy atom. The van der Waals surface area contributed by atoms with Crippen LogP contribution in [0.15, 0.2) is 29.2 Å². The predicted molar refractivity (Wildman–Crippen MR) is 114 cm³/mol. The van der Waals surface area contributed by atoms with Crippen LogP contribution in [-0.2, 0) is 12.8 Å². The first-order chi connectivity index (χ1) is 14.4. The molecule has 1 aliphatic carbocycles. The van der Waals surface area contributed by atoms with Gasteiger partial charge in [-0.05, 0) is 62.1 Å². The van der Waals surface area contributed by atoms with Crippen molar-refractivity contribution in [3.8, 4) is 23.1 Å². The molecule has 0 radical (unpaired) electrons. The Morgan fingerprint density at radius 2 is 2.13 bits per heavy atom. The number of pyridine rings is 1. The molecule has 1 aromatic carbocycles. The fourth-order valence-electron chi connectivity index (χ4n) is 4.60. The van der Waals surface area contributed by atoms with Gasteiger partial charge in [0.1, 0.15) is 11.3 Å². The van der Waals surface area contributed by atoms with Crippen molar-refractivity contribution >= 4 is 5.91 Å². The van der Waals surface area contributed by atoms with Crippen LogP contribution in [0.25, 0.3) is 11.3 Å². The van der Waals surface area contributed by atoms with Crippen LogP contribution in [-0.4, -0.2) is 17.6 Å². The zero-order valence-electron chi connectivity index (χ0n) is 17.5. The molecule has 1 atom stereocenters. The maximum absolute atomic E-state index is 12.5. The average molecular weight is 405 g/mol. The summed E-state index contributed by atoms with van der Waals surface area (Å²) in [4.78, 5) is 24.1. The fraction of sp³-hybridized carbons (Fsp3) is 0.458. The van der Waals surface area contributed by atoms with Gasteiger partial charge in [0.05, 0.1) is 24.3 Å². The number of benzene rings is 1. The summed E-state index contributed by atoms with van der Waals surface area (Å²) in [5, 5.41) is 9.31. The molecule has 30 heavy (non-hydrogen) atoms. The van der Waals surface area contributed by atoms with Gasteiger partial charge in [0.25, 0.3) is 5.91 Å². The first kappa shape index (κ1) is 20.2. The van der Waals surface area contributed by atoms with Gasteiger partial charge in [0.15, 0.2) is 5.43 Å². The molecule has 2 N–H and O–H groups in total. The summed E-state index contributed by atoms with van der Waals surface area (Å²) < 4.78 is 7.68. The molecule has 1 amide bonds. The van der Waals surface area contributed by atoms with E-state index in [9.17, 15) is 14.9 Å². The third kappa shape index (κ3) is 3.49. The number of ether oxygens (including phenoxy) is 1. The van der Waals surface area contributed by atoms with E-state index in [1.165, 1.54) is 11.6 Å². The third-order valence-corrected chi connectivity index (χ3v) is 6.64. The minimum Gasteiger partial charge on any atom is -0.496 e. The molecule has 0 spiro atoms. The Morgan fingerprint density at radius 1 is 1.37 bits per heavy atom. The van der Waals surface area contributed by atoms with E-state index in [1.54, 1.807) is 13.3 Å². The third-order valence-electron chi connectivity index (χ3n) is 6.64. The monoisotopic (exact) mass is 405 g/mol. The number of methoxy groups -OCH3 is 1. The molecule has 0 saturated heterocycles. The molecule has 1 saturated carbocycles. The molecule has 0 bridgehead atoms. The van der Waals surface area contributed by atoms with Crippen molar-refractivity contribution in [3.63, 3.8) is 0 Å². The number of rotatable bonds is 7. The van der Waals surface area contributed by atoms with Gasteiger partial charge in [-0.1, -0.05) is 13.0 Å². The number of nitriles is 1. The van der Waals surface area contributed by atoms with Gasteiger partial charge in [0, 0.05) is 23.9 Å². The van der Waals surface area contributed by atoms with Crippen LogP contribution in [0.2, 0.25) is 0 Å². The number of aryl methyl sites for hydroxylation is 1. The Labute approximate surface area is 176 Å². The number of carbonyl (C=O) groups is 1. The summed E-state index contributed by atoms with van der Waals surface area (Å²) in [6.07, 6.45) is 8.08. The van der Waals surface area contributed by atoms with Gasteiger partial charge in [-0.15, -0.1) is 0 Å². The quantitative estimate of drug-likeness (QED) is 0.758. The van der Waals surface area contributed by atoms with Gasteiger partial charge >= 0.3 is 0 Å². The molecule has 2 aromatic rings. The molecule has 6 nitrogen and oxygen atoms in total. The van der Waals surface area contributed by atoms with Crippen LogP contribution >= 0.6 is 0 Å². The summed E-state index contributed by atoms with van der Waals surface area (Å²) >= 11 is 0. The smallest absolute Gasteiger partial charge is 0.254 e. The number of nitrogens with zero attached hydrogens (tertiary/aromatic N) is 2. The van der Waals surface area contributed by atoms with E-state index >= 15 is 0 Å². The summed E-state index contributed by atoms with van der Waals surface area (Å²) in [7, 11) is 1.66. The van der Waals surface area contributed by atoms with E-state index in [0.29, 0.717) is 0 Å². The molecular formula is C24H27N3O3. The van der Waals surface area contributed by atoms with E-state index in [-0.39, 0.29) is 22.4 Å². The summed E-state index contributed by atoms with van der Waals surface area (Å²) in [5.74, 6) is 0.0955. The Balaban J connectivity index is 1.72. The largest absolute Gasteiger partial charge is 0.496 e. The highest BCUT2D eigenvalue weighted by atomic mass is 16.5. The molecule has 156 valence electrons. The van der Waals surface area contributed by atoms with Gasteiger partial charge < -0.3 is 15.0 Å². The number of nitrogens with two attached hydrogens (primary N) is 1. The molecular weight excluding hydrogens is 378 g/mol. The number of fused-ring (bicyclic) bond motifs is 3. The van der Waals surface area contributed by atoms with Gasteiger partial charge in [-0.3, -0.25) is 9.59 Å². The zero-order valence-corrected chi connectivity index (χ0v) is 17.5. The molecule has 1 unspecified atom stereocenters. The van der Waals surface area contributed by atoms with Crippen LogP contribution in [0, 0.1) is 16.7 Å². The minimum absolute atomic E-state index is 0.0238. The topological polar surface area (TPSA) is 98.1 Å². The van der Waals surface area contributed by atoms with Crippen LogP contribution < -0.4 is 15.9 Å². The van der Waals surface area contributed by atoms with Gasteiger partial charge in [-0.2, -0.15) is 5.26 Å². The lowest BCUT2D eigenvalue weighted by Gasteiger charge is -2.31. The molecule has 1 fully saturated rings. The highest BCUT2D eigenvalue weighted by Gasteiger charge is 2.42. The van der Waals surface area contributed by atoms with Crippen molar-refractivity contribution in [1.82, 2.24) is 4.57 Å². The van der Waals surface area contributed by atoms with Gasteiger partial charge in [0.2, 0.25) is 0 Å². The predicted octanol–water partition coefficient (Wildman–Crippen LogP) is 3.76. The maximum atomic E-state index is 12.5. The fourth-order valence-corrected chi connectivity index (χ4v) is 4.60. The lowest BCUT2D eigenvalue weighted by molar-refractivity contribution is 0.0998. The molecule has 1 aromatic heterocycles. The van der Waals surface area contributed by atoms with Gasteiger partial charge in [-0.25, -0.2) is 0 Å². The number of hydrogen-bond donors (Lipinski definition) is 1. The highest BCUT2D eigenvalue weighted by molar-refractivity contribution is 5.92. The first-order valence-electron chi connectivity index (χ1n) is 10.6. The normalized spacial score (nSPS) is 18.1. The van der Waals surface area contributed by atoms with Crippen LogP contribution in [0.4, 0.5) is 0 Å². The van der Waals surface area contributed by atoms with Crippen LogP contribution in [0.5, 0.6) is 5.75 Å². The number of aromatic nitrogens is 1. The Kier molecular flexibility index (Phi) is 5.15. The highest BCUT2D eigenvalue weighted by Crippen LogP contribution is 2.49. The van der Waals surface area contributed by atoms with E-state index in [4.69, 9.17) is 10.5 Å². The summed E-state index contributed by atoms with van der Waals surface area (Å²) in [6.45, 7) is 2.10. The molecule has 4 rings (SSSR count). The zero-order chi connectivity index (χ0) is 21.5. The van der Waals surface area contributed by atoms with Crippen molar-refractivity contribution in [2.24, 2.45) is 11.1 Å². The second kappa shape index (κ2) is 7.64. The lowest BCUT2D eigenvalue weighted by Crippen LogP contribution is -2.28. The number of primary amides is 1. The second-order valence-electron chi connectivity index (χ2n) is 8.54. The van der Waals surface area contributed by atoms with E-state index in [0.717, 1.165) is 67.5 Å². The van der Waals surface area contributed by atoms with E-state index in [1.807, 2.05) is 10.6 Å².